The van der Waals surface area contributed by atoms with E-state index in [2.05, 4.69) is 15.2 Å². The number of rotatable bonds is 8. The Hall–Kier alpha value is -2.76. The zero-order valence-corrected chi connectivity index (χ0v) is 22.8. The molecular weight excluding hydrogens is 560 g/mol. The highest BCUT2D eigenvalue weighted by Crippen LogP contribution is 2.39. The number of ether oxygens (including phenoxy) is 1. The van der Waals surface area contributed by atoms with Gasteiger partial charge < -0.3 is 25.4 Å². The number of piperidine rings is 1. The molecule has 2 unspecified atom stereocenters. The van der Waals surface area contributed by atoms with Gasteiger partial charge in [-0.3, -0.25) is 9.59 Å². The number of hydrogen-bond donors (Lipinski definition) is 3. The maximum atomic E-state index is 13.1. The van der Waals surface area contributed by atoms with Crippen LogP contribution in [0.25, 0.3) is 0 Å². The number of anilines is 1. The van der Waals surface area contributed by atoms with Gasteiger partial charge >= 0.3 is 6.18 Å². The topological polar surface area (TPSA) is 104 Å². The summed E-state index contributed by atoms with van der Waals surface area (Å²) in [6, 6.07) is 5.56. The second-order valence-electron chi connectivity index (χ2n) is 10.3. The van der Waals surface area contributed by atoms with Crippen molar-refractivity contribution in [3.63, 3.8) is 0 Å². The highest BCUT2D eigenvalue weighted by Gasteiger charge is 2.44. The largest absolute Gasteiger partial charge is 0.476 e. The first kappa shape index (κ1) is 29.2. The first-order chi connectivity index (χ1) is 18.3. The zero-order valence-electron chi connectivity index (χ0n) is 21.3. The van der Waals surface area contributed by atoms with Gasteiger partial charge in [-0.05, 0) is 69.9 Å². The number of aliphatic hydroxyl groups excluding tert-OH is 1. The Morgan fingerprint density at radius 3 is 2.36 bits per heavy atom. The van der Waals surface area contributed by atoms with Gasteiger partial charge in [0.15, 0.2) is 5.60 Å². The first-order valence-electron chi connectivity index (χ1n) is 12.5. The fourth-order valence-corrected chi connectivity index (χ4v) is 5.50. The Kier molecular flexibility index (Phi) is 8.53. The van der Waals surface area contributed by atoms with E-state index in [0.717, 1.165) is 12.8 Å². The summed E-state index contributed by atoms with van der Waals surface area (Å²) < 4.78 is 44.5. The highest BCUT2D eigenvalue weighted by molar-refractivity contribution is 6.35. The molecule has 2 fully saturated rings. The first-order valence-corrected chi connectivity index (χ1v) is 13.2. The van der Waals surface area contributed by atoms with Gasteiger partial charge in [0.2, 0.25) is 0 Å². The second kappa shape index (κ2) is 11.4. The lowest BCUT2D eigenvalue weighted by Gasteiger charge is -2.40. The van der Waals surface area contributed by atoms with E-state index in [9.17, 15) is 22.8 Å². The Bertz CT molecular complexity index is 1200. The van der Waals surface area contributed by atoms with E-state index in [1.54, 1.807) is 43.4 Å². The quantitative estimate of drug-likeness (QED) is 0.419. The summed E-state index contributed by atoms with van der Waals surface area (Å²) in [5.41, 5.74) is -1.23. The van der Waals surface area contributed by atoms with E-state index in [0.29, 0.717) is 34.5 Å². The van der Waals surface area contributed by atoms with Crippen molar-refractivity contribution in [2.75, 3.05) is 11.5 Å². The van der Waals surface area contributed by atoms with Gasteiger partial charge in [0.1, 0.15) is 17.6 Å². The van der Waals surface area contributed by atoms with Crippen molar-refractivity contribution in [3.8, 4) is 5.75 Å². The van der Waals surface area contributed by atoms with Gasteiger partial charge in [-0.1, -0.05) is 23.2 Å². The molecular formula is C26H29Cl2F3N4O4. The SMILES string of the molecule is CC(C)(Oc1ccc(Cl)cc1Cl)C(=O)NC1C[C@H]2CC[C@@H](C1)N2c1ccc(C(=O)NC(CO)C(F)(F)F)cn1. The minimum atomic E-state index is -4.76. The summed E-state index contributed by atoms with van der Waals surface area (Å²) >= 11 is 12.1. The minimum absolute atomic E-state index is 0.0426. The fourth-order valence-electron chi connectivity index (χ4n) is 5.05. The molecule has 0 radical (unpaired) electrons. The Balaban J connectivity index is 1.36. The van der Waals surface area contributed by atoms with Crippen molar-refractivity contribution >= 4 is 40.8 Å². The summed E-state index contributed by atoms with van der Waals surface area (Å²) in [7, 11) is 0. The molecule has 0 aliphatic carbocycles. The van der Waals surface area contributed by atoms with Crippen LogP contribution in [0.5, 0.6) is 5.75 Å². The predicted octanol–water partition coefficient (Wildman–Crippen LogP) is 4.52. The number of carbonyl (C=O) groups excluding carboxylic acids is 2. The molecule has 2 bridgehead atoms. The third-order valence-corrected chi connectivity index (χ3v) is 7.56. The van der Waals surface area contributed by atoms with Crippen molar-refractivity contribution in [2.45, 2.75) is 75.5 Å². The predicted molar refractivity (Wildman–Crippen MR) is 140 cm³/mol. The number of hydrogen-bond acceptors (Lipinski definition) is 6. The number of alkyl halides is 3. The van der Waals surface area contributed by atoms with Crippen LogP contribution in [0.4, 0.5) is 19.0 Å². The van der Waals surface area contributed by atoms with Crippen molar-refractivity contribution in [1.82, 2.24) is 15.6 Å². The molecule has 39 heavy (non-hydrogen) atoms. The highest BCUT2D eigenvalue weighted by atomic mass is 35.5. The van der Waals surface area contributed by atoms with Crippen LogP contribution >= 0.6 is 23.2 Å². The van der Waals surface area contributed by atoms with E-state index in [4.69, 9.17) is 33.0 Å². The maximum absolute atomic E-state index is 13.1. The Labute approximate surface area is 233 Å². The number of carbonyl (C=O) groups is 2. The molecule has 4 rings (SSSR count). The van der Waals surface area contributed by atoms with Gasteiger partial charge in [-0.25, -0.2) is 4.98 Å². The molecule has 2 saturated heterocycles. The molecule has 2 amide bonds. The van der Waals surface area contributed by atoms with E-state index in [1.165, 1.54) is 12.3 Å². The summed E-state index contributed by atoms with van der Waals surface area (Å²) in [5, 5.41) is 14.6. The van der Waals surface area contributed by atoms with Crippen LogP contribution in [0.2, 0.25) is 10.0 Å². The molecule has 3 heterocycles. The van der Waals surface area contributed by atoms with Crippen molar-refractivity contribution in [3.05, 3.63) is 52.1 Å². The van der Waals surface area contributed by atoms with Crippen LogP contribution in [0.3, 0.4) is 0 Å². The van der Waals surface area contributed by atoms with Crippen molar-refractivity contribution < 1.29 is 32.6 Å². The summed E-state index contributed by atoms with van der Waals surface area (Å²) in [6.07, 6.45) is -0.400. The summed E-state index contributed by atoms with van der Waals surface area (Å²) in [5.74, 6) is -0.288. The number of amides is 2. The van der Waals surface area contributed by atoms with Crippen LogP contribution in [-0.2, 0) is 4.79 Å². The number of aliphatic hydroxyl groups is 1. The molecule has 13 heteroatoms. The number of halogens is 5. The average Bonchev–Trinajstić information content (AvgIpc) is 3.13. The number of aromatic nitrogens is 1. The Morgan fingerprint density at radius 1 is 1.15 bits per heavy atom. The molecule has 4 atom stereocenters. The molecule has 1 aromatic heterocycles. The van der Waals surface area contributed by atoms with Gasteiger partial charge in [0.25, 0.3) is 11.8 Å². The number of pyridine rings is 1. The molecule has 1 aromatic carbocycles. The summed E-state index contributed by atoms with van der Waals surface area (Å²) in [6.45, 7) is 2.07. The third kappa shape index (κ3) is 6.70. The normalized spacial score (nSPS) is 21.8. The lowest BCUT2D eigenvalue weighted by molar-refractivity contribution is -0.161. The molecule has 2 aromatic rings. The lowest BCUT2D eigenvalue weighted by atomic mass is 9.96. The Morgan fingerprint density at radius 2 is 1.82 bits per heavy atom. The van der Waals surface area contributed by atoms with E-state index >= 15 is 0 Å². The monoisotopic (exact) mass is 588 g/mol. The fraction of sp³-hybridized carbons (Fsp3) is 0.500. The van der Waals surface area contributed by atoms with E-state index in [-0.39, 0.29) is 29.6 Å². The minimum Gasteiger partial charge on any atom is -0.476 e. The van der Waals surface area contributed by atoms with Crippen LogP contribution in [0, 0.1) is 0 Å². The molecule has 0 spiro atoms. The maximum Gasteiger partial charge on any atom is 0.410 e. The molecule has 2 aliphatic heterocycles. The van der Waals surface area contributed by atoms with Gasteiger partial charge in [0, 0.05) is 29.3 Å². The van der Waals surface area contributed by atoms with Gasteiger partial charge in [0.05, 0.1) is 17.2 Å². The van der Waals surface area contributed by atoms with E-state index < -0.39 is 30.3 Å². The average molecular weight is 589 g/mol. The molecule has 0 saturated carbocycles. The van der Waals surface area contributed by atoms with Crippen LogP contribution in [-0.4, -0.2) is 64.5 Å². The van der Waals surface area contributed by atoms with Crippen LogP contribution in [0.1, 0.15) is 49.9 Å². The number of fused-ring (bicyclic) bond motifs is 2. The van der Waals surface area contributed by atoms with E-state index in [1.807, 2.05) is 0 Å². The van der Waals surface area contributed by atoms with Crippen LogP contribution < -0.4 is 20.3 Å². The molecule has 212 valence electrons. The van der Waals surface area contributed by atoms with Gasteiger partial charge in [-0.15, -0.1) is 0 Å². The smallest absolute Gasteiger partial charge is 0.410 e. The second-order valence-corrected chi connectivity index (χ2v) is 11.1. The summed E-state index contributed by atoms with van der Waals surface area (Å²) in [4.78, 5) is 31.8. The molecule has 2 aliphatic rings. The van der Waals surface area contributed by atoms with Crippen molar-refractivity contribution in [2.24, 2.45) is 0 Å². The standard InChI is InChI=1S/C26H29Cl2F3N4O4/c1-25(2,39-20-7-4-15(27)9-19(20)28)24(38)33-16-10-17-5-6-18(11-16)35(17)22-8-3-14(12-32-22)23(37)34-21(13-36)26(29,30)31/h3-4,7-9,12,16-18,21,36H,5-6,10-11,13H2,1-2H3,(H,33,38)(H,34,37)/t16?,17-,18+,21?. The van der Waals surface area contributed by atoms with Crippen molar-refractivity contribution in [1.29, 1.82) is 0 Å². The van der Waals surface area contributed by atoms with Gasteiger partial charge in [-0.2, -0.15) is 13.2 Å². The van der Waals surface area contributed by atoms with Crippen LogP contribution in [0.15, 0.2) is 36.5 Å². The molecule has 8 nitrogen and oxygen atoms in total. The number of nitrogens with zero attached hydrogens (tertiary/aromatic N) is 2. The number of benzene rings is 1. The lowest BCUT2D eigenvalue weighted by Crippen LogP contribution is -2.55. The third-order valence-electron chi connectivity index (χ3n) is 7.03. The molecule has 3 N–H and O–H groups in total. The number of nitrogens with one attached hydrogen (secondary N) is 2. The zero-order chi connectivity index (χ0) is 28.5.